The molecule has 1 N–H and O–H groups in total. The van der Waals surface area contributed by atoms with Crippen LogP contribution in [0, 0.1) is 0 Å². The van der Waals surface area contributed by atoms with E-state index >= 15 is 0 Å². The third kappa shape index (κ3) is 3.23. The summed E-state index contributed by atoms with van der Waals surface area (Å²) >= 11 is 0. The van der Waals surface area contributed by atoms with Crippen LogP contribution in [0.1, 0.15) is 52.7 Å². The van der Waals surface area contributed by atoms with Gasteiger partial charge in [-0.2, -0.15) is 0 Å². The van der Waals surface area contributed by atoms with Gasteiger partial charge in [0.2, 0.25) is 0 Å². The van der Waals surface area contributed by atoms with Crippen molar-refractivity contribution >= 4 is 11.0 Å². The van der Waals surface area contributed by atoms with Crippen molar-refractivity contribution in [3.05, 3.63) is 51.4 Å². The zero-order valence-electron chi connectivity index (χ0n) is 15.8. The van der Waals surface area contributed by atoms with Gasteiger partial charge in [-0.15, -0.1) is 0 Å². The van der Waals surface area contributed by atoms with Gasteiger partial charge in [-0.05, 0) is 45.4 Å². The Morgan fingerprint density at radius 2 is 1.96 bits per heavy atom. The molecular weight excluding hydrogens is 316 g/mol. The quantitative estimate of drug-likeness (QED) is 0.659. The van der Waals surface area contributed by atoms with Crippen LogP contribution in [0.2, 0.25) is 0 Å². The molecule has 1 aromatic heterocycles. The smallest absolute Gasteiger partial charge is 0.340 e. The van der Waals surface area contributed by atoms with Gasteiger partial charge in [0.1, 0.15) is 16.9 Å². The first-order valence-electron chi connectivity index (χ1n) is 8.64. The van der Waals surface area contributed by atoms with E-state index in [0.717, 1.165) is 16.5 Å². The molecule has 1 aliphatic rings. The van der Waals surface area contributed by atoms with Crippen molar-refractivity contribution < 1.29 is 14.3 Å². The summed E-state index contributed by atoms with van der Waals surface area (Å²) in [6.45, 7) is 11.7. The van der Waals surface area contributed by atoms with Crippen LogP contribution < -0.4 is 10.4 Å². The van der Waals surface area contributed by atoms with Crippen LogP contribution >= 0.6 is 0 Å². The van der Waals surface area contributed by atoms with Crippen molar-refractivity contribution in [2.75, 3.05) is 0 Å². The first-order chi connectivity index (χ1) is 11.5. The lowest BCUT2D eigenvalue weighted by Gasteiger charge is -2.37. The Labute approximate surface area is 148 Å². The highest BCUT2D eigenvalue weighted by Crippen LogP contribution is 2.37. The summed E-state index contributed by atoms with van der Waals surface area (Å²) in [6, 6.07) is 5.61. The summed E-state index contributed by atoms with van der Waals surface area (Å²) in [4.78, 5) is 12.5. The molecular formula is C21H26O4. The van der Waals surface area contributed by atoms with Crippen LogP contribution in [-0.2, 0) is 11.8 Å². The lowest BCUT2D eigenvalue weighted by Crippen LogP contribution is -2.46. The van der Waals surface area contributed by atoms with Crippen LogP contribution in [0.3, 0.4) is 0 Å². The van der Waals surface area contributed by atoms with E-state index < -0.39 is 17.1 Å². The number of benzene rings is 1. The highest BCUT2D eigenvalue weighted by molar-refractivity contribution is 5.80. The fourth-order valence-corrected chi connectivity index (χ4v) is 3.50. The van der Waals surface area contributed by atoms with Crippen LogP contribution in [0.4, 0.5) is 0 Å². The molecule has 1 unspecified atom stereocenters. The molecule has 1 atom stereocenters. The molecule has 4 heteroatoms. The average molecular weight is 342 g/mol. The topological polar surface area (TPSA) is 59.7 Å². The summed E-state index contributed by atoms with van der Waals surface area (Å²) in [5.41, 5.74) is 1.80. The van der Waals surface area contributed by atoms with E-state index in [1.807, 2.05) is 53.7 Å². The van der Waals surface area contributed by atoms with E-state index in [4.69, 9.17) is 9.15 Å². The SMILES string of the molecule is CC(C)=CC(C)(C)c1cc2cc3c(cc2oc1=O)OC(C)(C)C(O)C3. The van der Waals surface area contributed by atoms with Crippen molar-refractivity contribution in [2.24, 2.45) is 0 Å². The maximum atomic E-state index is 12.5. The molecule has 0 spiro atoms. The minimum Gasteiger partial charge on any atom is -0.485 e. The zero-order chi connectivity index (χ0) is 18.6. The van der Waals surface area contributed by atoms with E-state index in [0.29, 0.717) is 23.3 Å². The van der Waals surface area contributed by atoms with E-state index in [1.54, 1.807) is 6.07 Å². The normalized spacial score (nSPS) is 19.2. The summed E-state index contributed by atoms with van der Waals surface area (Å²) in [5.74, 6) is 0.669. The van der Waals surface area contributed by atoms with Gasteiger partial charge < -0.3 is 14.3 Å². The van der Waals surface area contributed by atoms with E-state index in [-0.39, 0.29) is 5.63 Å². The Balaban J connectivity index is 2.17. The number of fused-ring (bicyclic) bond motifs is 2. The molecule has 2 aromatic rings. The molecule has 0 fully saturated rings. The highest BCUT2D eigenvalue weighted by atomic mass is 16.5. The second-order valence-electron chi connectivity index (χ2n) is 8.31. The molecule has 1 aliphatic heterocycles. The van der Waals surface area contributed by atoms with Gasteiger partial charge in [0.05, 0.1) is 6.10 Å². The van der Waals surface area contributed by atoms with Gasteiger partial charge in [-0.25, -0.2) is 4.79 Å². The van der Waals surface area contributed by atoms with Gasteiger partial charge in [0.25, 0.3) is 0 Å². The van der Waals surface area contributed by atoms with Gasteiger partial charge in [-0.3, -0.25) is 0 Å². The second kappa shape index (κ2) is 5.73. The van der Waals surface area contributed by atoms with Gasteiger partial charge >= 0.3 is 5.63 Å². The van der Waals surface area contributed by atoms with Crippen LogP contribution in [0.5, 0.6) is 5.75 Å². The Kier molecular flexibility index (Phi) is 4.07. The lowest BCUT2D eigenvalue weighted by molar-refractivity contribution is -0.0410. The largest absolute Gasteiger partial charge is 0.485 e. The maximum absolute atomic E-state index is 12.5. The number of allylic oxidation sites excluding steroid dienone is 2. The van der Waals surface area contributed by atoms with Gasteiger partial charge in [-0.1, -0.05) is 25.5 Å². The Morgan fingerprint density at radius 1 is 1.28 bits per heavy atom. The summed E-state index contributed by atoms with van der Waals surface area (Å²) in [6.07, 6.45) is 2.01. The standard InChI is InChI=1S/C21H26O4/c1-12(2)11-20(3,4)15-8-13-7-14-9-18(22)21(5,6)25-17(14)10-16(13)24-19(15)23/h7-8,10-11,18,22H,9H2,1-6H3. The first-order valence-corrected chi connectivity index (χ1v) is 8.64. The Bertz CT molecular complexity index is 911. The summed E-state index contributed by atoms with van der Waals surface area (Å²) in [7, 11) is 0. The van der Waals surface area contributed by atoms with Crippen molar-refractivity contribution in [2.45, 2.75) is 65.1 Å². The predicted octanol–water partition coefficient (Wildman–Crippen LogP) is 4.11. The molecule has 0 saturated heterocycles. The number of ether oxygens (including phenoxy) is 1. The monoisotopic (exact) mass is 342 g/mol. The van der Waals surface area contributed by atoms with Crippen molar-refractivity contribution in [1.82, 2.24) is 0 Å². The minimum absolute atomic E-state index is 0.329. The fourth-order valence-electron chi connectivity index (χ4n) is 3.50. The Hall–Kier alpha value is -2.07. The molecule has 1 aromatic carbocycles. The molecule has 0 radical (unpaired) electrons. The van der Waals surface area contributed by atoms with Crippen molar-refractivity contribution in [3.63, 3.8) is 0 Å². The average Bonchev–Trinajstić information content (AvgIpc) is 2.44. The van der Waals surface area contributed by atoms with Crippen LogP contribution in [0.15, 0.2) is 39.1 Å². The van der Waals surface area contributed by atoms with E-state index in [9.17, 15) is 9.90 Å². The molecule has 25 heavy (non-hydrogen) atoms. The second-order valence-corrected chi connectivity index (χ2v) is 8.31. The fraction of sp³-hybridized carbons (Fsp3) is 0.476. The minimum atomic E-state index is -0.660. The molecule has 0 aliphatic carbocycles. The van der Waals surface area contributed by atoms with Gasteiger partial charge in [0.15, 0.2) is 0 Å². The van der Waals surface area contributed by atoms with E-state index in [1.165, 1.54) is 0 Å². The van der Waals surface area contributed by atoms with Crippen molar-refractivity contribution in [1.29, 1.82) is 0 Å². The lowest BCUT2D eigenvalue weighted by atomic mass is 9.83. The first kappa shape index (κ1) is 17.7. The predicted molar refractivity (Wildman–Crippen MR) is 99.4 cm³/mol. The molecule has 0 saturated carbocycles. The summed E-state index contributed by atoms with van der Waals surface area (Å²) in [5, 5.41) is 11.1. The number of aliphatic hydroxyl groups excluding tert-OH is 1. The number of rotatable bonds is 2. The maximum Gasteiger partial charge on any atom is 0.340 e. The third-order valence-corrected chi connectivity index (χ3v) is 4.85. The highest BCUT2D eigenvalue weighted by Gasteiger charge is 2.36. The molecule has 134 valence electrons. The molecule has 2 heterocycles. The van der Waals surface area contributed by atoms with Crippen LogP contribution in [-0.4, -0.2) is 16.8 Å². The van der Waals surface area contributed by atoms with Gasteiger partial charge in [0, 0.05) is 28.9 Å². The zero-order valence-corrected chi connectivity index (χ0v) is 15.8. The number of aliphatic hydroxyl groups is 1. The van der Waals surface area contributed by atoms with Crippen LogP contribution in [0.25, 0.3) is 11.0 Å². The molecule has 4 nitrogen and oxygen atoms in total. The molecule has 3 rings (SSSR count). The Morgan fingerprint density at radius 3 is 2.60 bits per heavy atom. The third-order valence-electron chi connectivity index (χ3n) is 4.85. The van der Waals surface area contributed by atoms with Crippen molar-refractivity contribution in [3.8, 4) is 5.75 Å². The number of hydrogen-bond donors (Lipinski definition) is 1. The summed E-state index contributed by atoms with van der Waals surface area (Å²) < 4.78 is 11.5. The number of hydrogen-bond acceptors (Lipinski definition) is 4. The molecule has 0 amide bonds. The van der Waals surface area contributed by atoms with E-state index in [2.05, 4.69) is 6.08 Å². The molecule has 0 bridgehead atoms.